The van der Waals surface area contributed by atoms with Crippen molar-refractivity contribution in [2.75, 3.05) is 18.4 Å². The molecule has 0 aliphatic carbocycles. The largest absolute Gasteiger partial charge is 0.365 e. The first-order chi connectivity index (χ1) is 12.2. The average Bonchev–Trinajstić information content (AvgIpc) is 3.07. The molecule has 0 bridgehead atoms. The third-order valence-corrected chi connectivity index (χ3v) is 3.64. The first-order valence-corrected chi connectivity index (χ1v) is 7.92. The fourth-order valence-corrected chi connectivity index (χ4v) is 2.40. The van der Waals surface area contributed by atoms with Gasteiger partial charge < -0.3 is 10.6 Å². The van der Waals surface area contributed by atoms with Crippen LogP contribution in [0.15, 0.2) is 67.9 Å². The van der Waals surface area contributed by atoms with Gasteiger partial charge in [0.2, 0.25) is 0 Å². The number of benzene rings is 1. The number of anilines is 1. The van der Waals surface area contributed by atoms with Crippen molar-refractivity contribution in [3.63, 3.8) is 0 Å². The molecule has 0 saturated carbocycles. The number of nitrogens with zero attached hydrogens (tertiary/aromatic N) is 3. The smallest absolute Gasteiger partial charge is 0.251 e. The van der Waals surface area contributed by atoms with Gasteiger partial charge >= 0.3 is 0 Å². The number of hydrogen-bond donors (Lipinski definition) is 2. The van der Waals surface area contributed by atoms with Crippen molar-refractivity contribution in [3.05, 3.63) is 73.5 Å². The van der Waals surface area contributed by atoms with Crippen LogP contribution in [0.3, 0.4) is 0 Å². The van der Waals surface area contributed by atoms with Crippen molar-refractivity contribution in [1.82, 2.24) is 19.9 Å². The molecule has 1 aromatic carbocycles. The van der Waals surface area contributed by atoms with Crippen molar-refractivity contribution in [3.8, 4) is 11.3 Å². The minimum absolute atomic E-state index is 0.126. The Morgan fingerprint density at radius 2 is 1.84 bits per heavy atom. The quantitative estimate of drug-likeness (QED) is 0.652. The van der Waals surface area contributed by atoms with Crippen LogP contribution in [0.25, 0.3) is 16.9 Å². The molecule has 0 saturated heterocycles. The lowest BCUT2D eigenvalue weighted by molar-refractivity contribution is 0.0958. The predicted octanol–water partition coefficient (Wildman–Crippen LogP) is 2.91. The zero-order valence-corrected chi connectivity index (χ0v) is 13.8. The lowest BCUT2D eigenvalue weighted by Gasteiger charge is -2.06. The van der Waals surface area contributed by atoms with Crippen LogP contribution in [0.4, 0.5) is 5.82 Å². The highest BCUT2D eigenvalue weighted by molar-refractivity contribution is 5.94. The summed E-state index contributed by atoms with van der Waals surface area (Å²) in [4.78, 5) is 16.3. The van der Waals surface area contributed by atoms with Gasteiger partial charge in [-0.05, 0) is 24.3 Å². The van der Waals surface area contributed by atoms with Crippen molar-refractivity contribution in [2.45, 2.75) is 0 Å². The minimum atomic E-state index is -0.126. The molecule has 0 aliphatic rings. The van der Waals surface area contributed by atoms with Crippen molar-refractivity contribution in [2.24, 2.45) is 0 Å². The summed E-state index contributed by atoms with van der Waals surface area (Å²) in [6, 6.07) is 11.1. The number of carbonyl (C=O) groups is 1. The van der Waals surface area contributed by atoms with Gasteiger partial charge in [-0.3, -0.25) is 4.79 Å². The van der Waals surface area contributed by atoms with Crippen LogP contribution in [0.2, 0.25) is 0 Å². The number of hydrogen-bond acceptors (Lipinski definition) is 4. The molecular formula is C19H19N5O. The van der Waals surface area contributed by atoms with Crippen molar-refractivity contribution >= 4 is 17.4 Å². The van der Waals surface area contributed by atoms with E-state index in [-0.39, 0.29) is 5.91 Å². The summed E-state index contributed by atoms with van der Waals surface area (Å²) in [6.07, 6.45) is 5.19. The molecule has 2 aromatic heterocycles. The highest BCUT2D eigenvalue weighted by Gasteiger charge is 2.10. The van der Waals surface area contributed by atoms with Gasteiger partial charge in [0.05, 0.1) is 11.9 Å². The fraction of sp³-hybridized carbons (Fsp3) is 0.105. The second-order valence-corrected chi connectivity index (χ2v) is 5.38. The molecule has 126 valence electrons. The second-order valence-electron chi connectivity index (χ2n) is 5.38. The summed E-state index contributed by atoms with van der Waals surface area (Å²) >= 11 is 0. The Labute approximate surface area is 145 Å². The second kappa shape index (κ2) is 7.44. The molecule has 3 rings (SSSR count). The number of rotatable bonds is 7. The number of nitrogens with one attached hydrogen (secondary N) is 2. The summed E-state index contributed by atoms with van der Waals surface area (Å²) in [6.45, 7) is 8.35. The zero-order chi connectivity index (χ0) is 17.6. The van der Waals surface area contributed by atoms with Crippen LogP contribution < -0.4 is 10.6 Å². The summed E-state index contributed by atoms with van der Waals surface area (Å²) in [5, 5.41) is 10.5. The Morgan fingerprint density at radius 3 is 2.56 bits per heavy atom. The molecule has 0 fully saturated rings. The number of fused-ring (bicyclic) bond motifs is 1. The molecule has 6 heteroatoms. The van der Waals surface area contributed by atoms with E-state index in [1.165, 1.54) is 0 Å². The van der Waals surface area contributed by atoms with E-state index < -0.39 is 0 Å². The first-order valence-electron chi connectivity index (χ1n) is 7.92. The lowest BCUT2D eigenvalue weighted by Crippen LogP contribution is -2.22. The van der Waals surface area contributed by atoms with Crippen molar-refractivity contribution < 1.29 is 4.79 Å². The highest BCUT2D eigenvalue weighted by Crippen LogP contribution is 2.21. The van der Waals surface area contributed by atoms with Crippen LogP contribution in [0, 0.1) is 0 Å². The molecule has 1 amide bonds. The normalized spacial score (nSPS) is 10.4. The predicted molar refractivity (Wildman–Crippen MR) is 99.6 cm³/mol. The Kier molecular flexibility index (Phi) is 4.89. The van der Waals surface area contributed by atoms with Crippen molar-refractivity contribution in [1.29, 1.82) is 0 Å². The van der Waals surface area contributed by atoms with Crippen LogP contribution in [-0.2, 0) is 0 Å². The molecule has 3 aromatic rings. The average molecular weight is 333 g/mol. The molecule has 0 atom stereocenters. The van der Waals surface area contributed by atoms with E-state index in [1.807, 2.05) is 24.3 Å². The summed E-state index contributed by atoms with van der Waals surface area (Å²) in [5.74, 6) is 0.616. The van der Waals surface area contributed by atoms with Gasteiger partial charge in [0.25, 0.3) is 5.91 Å². The maximum absolute atomic E-state index is 12.0. The van der Waals surface area contributed by atoms with Crippen LogP contribution in [0.1, 0.15) is 10.4 Å². The van der Waals surface area contributed by atoms with Crippen LogP contribution in [-0.4, -0.2) is 33.6 Å². The molecule has 2 N–H and O–H groups in total. The molecular weight excluding hydrogens is 314 g/mol. The van der Waals surface area contributed by atoms with E-state index in [4.69, 9.17) is 0 Å². The Morgan fingerprint density at radius 1 is 1.08 bits per heavy atom. The van der Waals surface area contributed by atoms with Gasteiger partial charge in [-0.1, -0.05) is 24.3 Å². The summed E-state index contributed by atoms with van der Waals surface area (Å²) in [5.41, 5.74) is 3.14. The number of amides is 1. The fourth-order valence-electron chi connectivity index (χ4n) is 2.40. The number of imidazole rings is 1. The first kappa shape index (κ1) is 16.4. The van der Waals surface area contributed by atoms with Crippen LogP contribution >= 0.6 is 0 Å². The maximum atomic E-state index is 12.0. The Balaban J connectivity index is 1.89. The van der Waals surface area contributed by atoms with E-state index in [9.17, 15) is 4.79 Å². The van der Waals surface area contributed by atoms with E-state index in [0.717, 1.165) is 22.7 Å². The molecule has 0 unspecified atom stereocenters. The molecule has 0 aliphatic heterocycles. The standard InChI is InChI=1S/C19H19N5O/c1-3-11-20-17-9-10-18-22-13-16(24(18)23-17)14-5-7-15(8-6-14)19(25)21-12-4-2/h3-10,13H,1-2,11-12H2,(H,20,23)(H,21,25). The molecule has 2 heterocycles. The monoisotopic (exact) mass is 333 g/mol. The molecule has 25 heavy (non-hydrogen) atoms. The third-order valence-electron chi connectivity index (χ3n) is 3.64. The minimum Gasteiger partial charge on any atom is -0.365 e. The topological polar surface area (TPSA) is 71.3 Å². The Hall–Kier alpha value is -3.41. The SMILES string of the molecule is C=CCNC(=O)c1ccc(-c2cnc3ccc(NCC=C)nn23)cc1. The molecule has 0 radical (unpaired) electrons. The van der Waals surface area contributed by atoms with Gasteiger partial charge in [0.15, 0.2) is 5.65 Å². The number of aromatic nitrogens is 3. The summed E-state index contributed by atoms with van der Waals surface area (Å²) in [7, 11) is 0. The van der Waals surface area contributed by atoms with Gasteiger partial charge in [-0.15, -0.1) is 18.3 Å². The van der Waals surface area contributed by atoms with Gasteiger partial charge in [-0.2, -0.15) is 0 Å². The van der Waals surface area contributed by atoms with Crippen LogP contribution in [0.5, 0.6) is 0 Å². The number of carbonyl (C=O) groups excluding carboxylic acids is 1. The molecule has 0 spiro atoms. The molecule has 6 nitrogen and oxygen atoms in total. The van der Waals surface area contributed by atoms with Gasteiger partial charge in [0.1, 0.15) is 5.82 Å². The summed E-state index contributed by atoms with van der Waals surface area (Å²) < 4.78 is 1.78. The maximum Gasteiger partial charge on any atom is 0.251 e. The highest BCUT2D eigenvalue weighted by atomic mass is 16.1. The van der Waals surface area contributed by atoms with Gasteiger partial charge in [0, 0.05) is 24.2 Å². The van der Waals surface area contributed by atoms with Gasteiger partial charge in [-0.25, -0.2) is 9.50 Å². The Bertz CT molecular complexity index is 911. The van der Waals surface area contributed by atoms with E-state index in [1.54, 1.807) is 35.0 Å². The third kappa shape index (κ3) is 3.58. The van der Waals surface area contributed by atoms with E-state index in [2.05, 4.69) is 33.9 Å². The zero-order valence-electron chi connectivity index (χ0n) is 13.8. The van der Waals surface area contributed by atoms with E-state index >= 15 is 0 Å². The van der Waals surface area contributed by atoms with E-state index in [0.29, 0.717) is 18.7 Å². The lowest BCUT2D eigenvalue weighted by atomic mass is 10.1.